The van der Waals surface area contributed by atoms with Crippen LogP contribution in [0.5, 0.6) is 0 Å². The van der Waals surface area contributed by atoms with Gasteiger partial charge in [-0.05, 0) is 25.8 Å². The van der Waals surface area contributed by atoms with Crippen molar-refractivity contribution in [3.05, 3.63) is 11.2 Å². The Balaban J connectivity index is 2.60. The number of methoxy groups -OCH3 is 1. The van der Waals surface area contributed by atoms with Crippen LogP contribution in [0.3, 0.4) is 0 Å². The van der Waals surface area contributed by atoms with Gasteiger partial charge in [-0.2, -0.15) is 0 Å². The molecule has 0 spiro atoms. The van der Waals surface area contributed by atoms with E-state index >= 15 is 0 Å². The van der Waals surface area contributed by atoms with Crippen LogP contribution in [0.4, 0.5) is 0 Å². The van der Waals surface area contributed by atoms with Crippen molar-refractivity contribution in [2.75, 3.05) is 7.11 Å². The van der Waals surface area contributed by atoms with Crippen molar-refractivity contribution >= 4 is 23.3 Å². The number of rotatable bonds is 4. The third-order valence-corrected chi connectivity index (χ3v) is 2.23. The van der Waals surface area contributed by atoms with Gasteiger partial charge in [0.25, 0.3) is 0 Å². The van der Waals surface area contributed by atoms with Gasteiger partial charge in [-0.25, -0.2) is 4.79 Å². The number of carbonyl (C=O) groups excluding carboxylic acids is 1. The molecule has 0 heterocycles. The molecule has 2 N–H and O–H groups in total. The summed E-state index contributed by atoms with van der Waals surface area (Å²) < 4.78 is 4.64. The van der Waals surface area contributed by atoms with E-state index in [9.17, 15) is 4.79 Å². The van der Waals surface area contributed by atoms with Crippen LogP contribution in [-0.2, 0) is 9.53 Å². The van der Waals surface area contributed by atoms with Gasteiger partial charge in [-0.15, -0.1) is 0 Å². The largest absolute Gasteiger partial charge is 0.467 e. The average Bonchev–Trinajstić information content (AvgIpc) is 2.82. The Morgan fingerprint density at radius 2 is 2.21 bits per heavy atom. The van der Waals surface area contributed by atoms with Gasteiger partial charge in [0.1, 0.15) is 10.7 Å². The van der Waals surface area contributed by atoms with Crippen molar-refractivity contribution in [1.82, 2.24) is 5.32 Å². The molecule has 0 radical (unpaired) electrons. The second kappa shape index (κ2) is 4.00. The van der Waals surface area contributed by atoms with Crippen LogP contribution in [0.25, 0.3) is 0 Å². The molecular formula is C9H13ClN2O2. The van der Waals surface area contributed by atoms with E-state index in [2.05, 4.69) is 10.1 Å². The Bertz CT molecular complexity index is 295. The first-order chi connectivity index (χ1) is 6.50. The van der Waals surface area contributed by atoms with Gasteiger partial charge in [0, 0.05) is 5.71 Å². The molecule has 14 heavy (non-hydrogen) atoms. The van der Waals surface area contributed by atoms with Gasteiger partial charge < -0.3 is 15.5 Å². The third-order valence-electron chi connectivity index (χ3n) is 2.03. The molecule has 1 fully saturated rings. The molecule has 1 aliphatic rings. The predicted molar refractivity (Wildman–Crippen MR) is 54.5 cm³/mol. The van der Waals surface area contributed by atoms with Crippen LogP contribution in [0.2, 0.25) is 0 Å². The van der Waals surface area contributed by atoms with Gasteiger partial charge in [0.05, 0.1) is 7.11 Å². The zero-order valence-corrected chi connectivity index (χ0v) is 8.94. The summed E-state index contributed by atoms with van der Waals surface area (Å²) in [5, 5.41) is 10.4. The summed E-state index contributed by atoms with van der Waals surface area (Å²) in [7, 11) is 1.35. The Morgan fingerprint density at radius 1 is 1.64 bits per heavy atom. The monoisotopic (exact) mass is 216 g/mol. The number of hydrogen-bond donors (Lipinski definition) is 2. The lowest BCUT2D eigenvalue weighted by atomic mass is 10.3. The van der Waals surface area contributed by atoms with Crippen LogP contribution >= 0.6 is 11.6 Å². The first-order valence-electron chi connectivity index (χ1n) is 4.29. The smallest absolute Gasteiger partial charge is 0.331 e. The third kappa shape index (κ3) is 2.48. The number of hydrogen-bond acceptors (Lipinski definition) is 4. The van der Waals surface area contributed by atoms with Crippen molar-refractivity contribution in [2.45, 2.75) is 25.3 Å². The normalized spacial score (nSPS) is 18.6. The number of allylic oxidation sites excluding steroid dienone is 1. The first kappa shape index (κ1) is 11.0. The van der Waals surface area contributed by atoms with E-state index < -0.39 is 5.54 Å². The van der Waals surface area contributed by atoms with E-state index in [0.717, 1.165) is 12.8 Å². The zero-order valence-electron chi connectivity index (χ0n) is 8.19. The second-order valence-corrected chi connectivity index (χ2v) is 3.78. The topological polar surface area (TPSA) is 62.2 Å². The maximum Gasteiger partial charge on any atom is 0.331 e. The Labute approximate surface area is 87.8 Å². The highest BCUT2D eigenvalue weighted by Gasteiger charge is 2.51. The fourth-order valence-electron chi connectivity index (χ4n) is 1.16. The second-order valence-electron chi connectivity index (χ2n) is 3.37. The molecule has 0 amide bonds. The minimum Gasteiger partial charge on any atom is -0.467 e. The fraction of sp³-hybridized carbons (Fsp3) is 0.556. The van der Waals surface area contributed by atoms with Crippen LogP contribution in [-0.4, -0.2) is 24.3 Å². The van der Waals surface area contributed by atoms with Crippen molar-refractivity contribution in [2.24, 2.45) is 0 Å². The maximum absolute atomic E-state index is 11.3. The van der Waals surface area contributed by atoms with Crippen LogP contribution in [0.15, 0.2) is 11.2 Å². The first-order valence-corrected chi connectivity index (χ1v) is 4.67. The van der Waals surface area contributed by atoms with E-state index in [1.165, 1.54) is 13.2 Å². The summed E-state index contributed by atoms with van der Waals surface area (Å²) in [4.78, 5) is 11.3. The van der Waals surface area contributed by atoms with Gasteiger partial charge in [-0.3, -0.25) is 0 Å². The van der Waals surface area contributed by atoms with Crippen molar-refractivity contribution in [1.29, 1.82) is 5.41 Å². The van der Waals surface area contributed by atoms with Crippen LogP contribution < -0.4 is 5.32 Å². The molecule has 1 aliphatic carbocycles. The summed E-state index contributed by atoms with van der Waals surface area (Å²) in [5.74, 6) is -0.299. The highest BCUT2D eigenvalue weighted by molar-refractivity contribution is 6.31. The van der Waals surface area contributed by atoms with Gasteiger partial charge in [0.2, 0.25) is 0 Å². The number of ether oxygens (including phenoxy) is 1. The van der Waals surface area contributed by atoms with Gasteiger partial charge >= 0.3 is 5.97 Å². The molecule has 78 valence electrons. The summed E-state index contributed by atoms with van der Waals surface area (Å²) in [6, 6.07) is 0. The summed E-state index contributed by atoms with van der Waals surface area (Å²) >= 11 is 5.80. The molecule has 0 aromatic rings. The van der Waals surface area contributed by atoms with Crippen LogP contribution in [0, 0.1) is 5.41 Å². The molecule has 0 aromatic heterocycles. The van der Waals surface area contributed by atoms with Gasteiger partial charge in [-0.1, -0.05) is 11.6 Å². The molecule has 0 bridgehead atoms. The summed E-state index contributed by atoms with van der Waals surface area (Å²) in [6.07, 6.45) is 2.91. The number of nitrogens with one attached hydrogen (secondary N) is 2. The van der Waals surface area contributed by atoms with E-state index in [1.807, 2.05) is 0 Å². The highest BCUT2D eigenvalue weighted by atomic mass is 35.5. The summed E-state index contributed by atoms with van der Waals surface area (Å²) in [5.41, 5.74) is -0.305. The lowest BCUT2D eigenvalue weighted by Gasteiger charge is -2.14. The molecule has 1 rings (SSSR count). The van der Waals surface area contributed by atoms with E-state index in [4.69, 9.17) is 17.0 Å². The maximum atomic E-state index is 11.3. The number of carbonyl (C=O) groups is 1. The standard InChI is InChI=1S/C9H13ClN2O2/c1-6(11)5-7(10)12-9(3-4-9)8(13)14-2/h5,11-12H,3-4H2,1-2H3/b7-5-,11-6?. The minimum absolute atomic E-state index is 0.299. The van der Waals surface area contributed by atoms with Crippen LogP contribution in [0.1, 0.15) is 19.8 Å². The van der Waals surface area contributed by atoms with Gasteiger partial charge in [0.15, 0.2) is 0 Å². The average molecular weight is 217 g/mol. The SMILES string of the molecule is COC(=O)C1(N/C(Cl)=C\C(C)=N)CC1. The molecule has 0 saturated heterocycles. The fourth-order valence-corrected chi connectivity index (χ4v) is 1.50. The molecule has 1 saturated carbocycles. The molecule has 5 heteroatoms. The molecule has 0 aromatic carbocycles. The minimum atomic E-state index is -0.641. The molecule has 0 aliphatic heterocycles. The Morgan fingerprint density at radius 3 is 2.57 bits per heavy atom. The van der Waals surface area contributed by atoms with Crippen molar-refractivity contribution in [3.8, 4) is 0 Å². The predicted octanol–water partition coefficient (Wildman–Crippen LogP) is 1.40. The van der Waals surface area contributed by atoms with E-state index in [1.54, 1.807) is 6.92 Å². The van der Waals surface area contributed by atoms with Crippen molar-refractivity contribution in [3.63, 3.8) is 0 Å². The number of halogens is 1. The lowest BCUT2D eigenvalue weighted by molar-refractivity contribution is -0.144. The Hall–Kier alpha value is -1.03. The highest BCUT2D eigenvalue weighted by Crippen LogP contribution is 2.37. The quantitative estimate of drug-likeness (QED) is 0.424. The van der Waals surface area contributed by atoms with E-state index in [-0.39, 0.29) is 5.97 Å². The zero-order chi connectivity index (χ0) is 10.8. The molecule has 0 atom stereocenters. The molecule has 0 unspecified atom stereocenters. The lowest BCUT2D eigenvalue weighted by Crippen LogP contribution is -2.38. The molecular weight excluding hydrogens is 204 g/mol. The Kier molecular flexibility index (Phi) is 3.16. The van der Waals surface area contributed by atoms with E-state index in [0.29, 0.717) is 10.9 Å². The van der Waals surface area contributed by atoms with Crippen molar-refractivity contribution < 1.29 is 9.53 Å². The summed E-state index contributed by atoms with van der Waals surface area (Å²) in [6.45, 7) is 1.61. The molecule has 4 nitrogen and oxygen atoms in total. The number of esters is 1.